The van der Waals surface area contributed by atoms with Gasteiger partial charge in [-0.05, 0) is 60.0 Å². The smallest absolute Gasteiger partial charge is 0.341 e. The number of aromatic nitrogens is 3. The van der Waals surface area contributed by atoms with Crippen molar-refractivity contribution in [2.75, 3.05) is 6.61 Å². The highest BCUT2D eigenvalue weighted by Crippen LogP contribution is 2.32. The van der Waals surface area contributed by atoms with Crippen molar-refractivity contribution in [3.05, 3.63) is 71.9 Å². The minimum absolute atomic E-state index is 0.158. The summed E-state index contributed by atoms with van der Waals surface area (Å²) < 4.78 is 17.1. The van der Waals surface area contributed by atoms with E-state index in [-0.39, 0.29) is 6.01 Å². The van der Waals surface area contributed by atoms with E-state index in [1.54, 1.807) is 6.20 Å². The average Bonchev–Trinajstić information content (AvgIpc) is 3.22. The van der Waals surface area contributed by atoms with Gasteiger partial charge in [0, 0.05) is 5.56 Å². The van der Waals surface area contributed by atoms with Gasteiger partial charge in [0.2, 0.25) is 5.89 Å². The minimum atomic E-state index is -1.03. The van der Waals surface area contributed by atoms with Crippen molar-refractivity contribution < 1.29 is 23.8 Å². The molecule has 0 aliphatic heterocycles. The van der Waals surface area contributed by atoms with E-state index in [2.05, 4.69) is 15.0 Å². The number of aliphatic carboxylic acids is 1. The molecule has 8 heteroatoms. The van der Waals surface area contributed by atoms with Crippen LogP contribution in [0.3, 0.4) is 0 Å². The second-order valence-electron chi connectivity index (χ2n) is 7.59. The van der Waals surface area contributed by atoms with Crippen LogP contribution < -0.4 is 9.47 Å². The summed E-state index contributed by atoms with van der Waals surface area (Å²) in [6.07, 6.45) is 1.55. The van der Waals surface area contributed by atoms with Crippen molar-refractivity contribution in [2.24, 2.45) is 0 Å². The van der Waals surface area contributed by atoms with Crippen LogP contribution in [0.4, 0.5) is 0 Å². The van der Waals surface area contributed by atoms with Gasteiger partial charge in [0.05, 0.1) is 6.20 Å². The number of hydrogen-bond donors (Lipinski definition) is 1. The van der Waals surface area contributed by atoms with Gasteiger partial charge >= 0.3 is 12.0 Å². The monoisotopic (exact) mass is 441 g/mol. The Labute approximate surface area is 188 Å². The molecule has 0 aliphatic carbocycles. The van der Waals surface area contributed by atoms with Crippen LogP contribution in [0.25, 0.3) is 33.5 Å². The lowest BCUT2D eigenvalue weighted by atomic mass is 10.1. The summed E-state index contributed by atoms with van der Waals surface area (Å²) in [5, 5.41) is 11.0. The van der Waals surface area contributed by atoms with Crippen LogP contribution in [0.15, 0.2) is 65.2 Å². The third kappa shape index (κ3) is 4.18. The molecule has 33 heavy (non-hydrogen) atoms. The standard InChI is InChI=1S/C25H19N3O5/c1-14-9-18(10-15(2)22(14)31-13-21(29)30)23-27-20-12-26-25(28-24(20)33-23)32-19-8-7-16-5-3-4-6-17(16)11-19/h3-12H,13H2,1-2H3,(H,29,30). The predicted octanol–water partition coefficient (Wildman–Crippen LogP) is 5.31. The van der Waals surface area contributed by atoms with E-state index in [0.717, 1.165) is 27.5 Å². The zero-order chi connectivity index (χ0) is 22.9. The Morgan fingerprint density at radius 2 is 1.76 bits per heavy atom. The van der Waals surface area contributed by atoms with E-state index in [9.17, 15) is 4.79 Å². The van der Waals surface area contributed by atoms with E-state index in [4.69, 9.17) is 19.0 Å². The summed E-state index contributed by atoms with van der Waals surface area (Å²) in [6.45, 7) is 3.27. The highest BCUT2D eigenvalue weighted by molar-refractivity contribution is 5.83. The number of fused-ring (bicyclic) bond motifs is 2. The molecule has 164 valence electrons. The number of oxazole rings is 1. The lowest BCUT2D eigenvalue weighted by Gasteiger charge is -2.11. The van der Waals surface area contributed by atoms with E-state index in [1.807, 2.05) is 68.4 Å². The zero-order valence-corrected chi connectivity index (χ0v) is 17.9. The van der Waals surface area contributed by atoms with Crippen molar-refractivity contribution in [3.63, 3.8) is 0 Å². The van der Waals surface area contributed by atoms with Crippen LogP contribution in [0.1, 0.15) is 11.1 Å². The summed E-state index contributed by atoms with van der Waals surface area (Å²) in [7, 11) is 0. The molecule has 2 heterocycles. The molecule has 0 fully saturated rings. The fourth-order valence-corrected chi connectivity index (χ4v) is 3.66. The summed E-state index contributed by atoms with van der Waals surface area (Å²) in [5.41, 5.74) is 3.08. The summed E-state index contributed by atoms with van der Waals surface area (Å²) in [6, 6.07) is 17.6. The largest absolute Gasteiger partial charge is 0.481 e. The number of rotatable bonds is 6. The number of aryl methyl sites for hydroxylation is 2. The van der Waals surface area contributed by atoms with Gasteiger partial charge in [-0.1, -0.05) is 30.3 Å². The number of hydrogen-bond acceptors (Lipinski definition) is 7. The number of carbonyl (C=O) groups is 1. The minimum Gasteiger partial charge on any atom is -0.481 e. The Bertz CT molecular complexity index is 1490. The maximum atomic E-state index is 10.8. The quantitative estimate of drug-likeness (QED) is 0.378. The first kappa shape index (κ1) is 20.4. The van der Waals surface area contributed by atoms with Crippen LogP contribution in [-0.4, -0.2) is 32.6 Å². The lowest BCUT2D eigenvalue weighted by Crippen LogP contribution is -2.10. The van der Waals surface area contributed by atoms with Crippen molar-refractivity contribution in [2.45, 2.75) is 13.8 Å². The highest BCUT2D eigenvalue weighted by atomic mass is 16.5. The fourth-order valence-electron chi connectivity index (χ4n) is 3.66. The van der Waals surface area contributed by atoms with Crippen molar-refractivity contribution >= 4 is 28.0 Å². The molecule has 0 radical (unpaired) electrons. The zero-order valence-electron chi connectivity index (χ0n) is 17.9. The van der Waals surface area contributed by atoms with E-state index in [1.165, 1.54) is 0 Å². The van der Waals surface area contributed by atoms with Gasteiger partial charge in [0.15, 0.2) is 6.61 Å². The molecule has 0 atom stereocenters. The van der Waals surface area contributed by atoms with Crippen LogP contribution in [0, 0.1) is 13.8 Å². The first-order valence-electron chi connectivity index (χ1n) is 10.2. The summed E-state index contributed by atoms with van der Waals surface area (Å²) >= 11 is 0. The molecule has 0 bridgehead atoms. The Balaban J connectivity index is 1.42. The molecule has 5 aromatic rings. The molecule has 0 amide bonds. The number of nitrogens with zero attached hydrogens (tertiary/aromatic N) is 3. The van der Waals surface area contributed by atoms with Gasteiger partial charge in [-0.25, -0.2) is 14.8 Å². The molecule has 0 saturated heterocycles. The SMILES string of the molecule is Cc1cc(-c2nc3cnc(Oc4ccc5ccccc5c4)nc3o2)cc(C)c1OCC(=O)O. The van der Waals surface area contributed by atoms with E-state index in [0.29, 0.717) is 28.6 Å². The Morgan fingerprint density at radius 1 is 1.00 bits per heavy atom. The Morgan fingerprint density at radius 3 is 2.52 bits per heavy atom. The molecular weight excluding hydrogens is 422 g/mol. The van der Waals surface area contributed by atoms with Gasteiger partial charge in [-0.3, -0.25) is 0 Å². The molecule has 0 saturated carbocycles. The Hall–Kier alpha value is -4.46. The Kier molecular flexibility index (Phi) is 5.10. The normalized spacial score (nSPS) is 11.1. The van der Waals surface area contributed by atoms with Crippen molar-refractivity contribution in [3.8, 4) is 29.0 Å². The molecule has 0 spiro atoms. The van der Waals surface area contributed by atoms with Crippen molar-refractivity contribution in [1.82, 2.24) is 15.0 Å². The van der Waals surface area contributed by atoms with E-state index >= 15 is 0 Å². The second kappa shape index (κ2) is 8.23. The second-order valence-corrected chi connectivity index (χ2v) is 7.59. The van der Waals surface area contributed by atoms with Gasteiger partial charge in [-0.2, -0.15) is 4.98 Å². The van der Waals surface area contributed by atoms with Gasteiger partial charge in [-0.15, -0.1) is 0 Å². The predicted molar refractivity (Wildman–Crippen MR) is 122 cm³/mol. The lowest BCUT2D eigenvalue weighted by molar-refractivity contribution is -0.139. The van der Waals surface area contributed by atoms with Crippen molar-refractivity contribution in [1.29, 1.82) is 0 Å². The third-order valence-corrected chi connectivity index (χ3v) is 5.11. The molecular formula is C25H19N3O5. The number of benzene rings is 3. The summed E-state index contributed by atoms with van der Waals surface area (Å²) in [5.74, 6) is 0.495. The number of carboxylic acids is 1. The molecule has 5 rings (SSSR count). The number of carboxylic acid groups (broad SMARTS) is 1. The average molecular weight is 441 g/mol. The number of ether oxygens (including phenoxy) is 2. The van der Waals surface area contributed by atoms with Crippen LogP contribution in [0.2, 0.25) is 0 Å². The molecule has 8 nitrogen and oxygen atoms in total. The third-order valence-electron chi connectivity index (χ3n) is 5.11. The molecule has 2 aromatic heterocycles. The molecule has 1 N–H and O–H groups in total. The maximum Gasteiger partial charge on any atom is 0.341 e. The van der Waals surface area contributed by atoms with E-state index < -0.39 is 12.6 Å². The van der Waals surface area contributed by atoms with Gasteiger partial charge in [0.25, 0.3) is 5.71 Å². The first-order valence-corrected chi connectivity index (χ1v) is 10.2. The van der Waals surface area contributed by atoms with Gasteiger partial charge < -0.3 is 19.0 Å². The molecule has 3 aromatic carbocycles. The van der Waals surface area contributed by atoms with Gasteiger partial charge in [0.1, 0.15) is 17.0 Å². The highest BCUT2D eigenvalue weighted by Gasteiger charge is 2.15. The molecule has 0 unspecified atom stereocenters. The topological polar surface area (TPSA) is 108 Å². The van der Waals surface area contributed by atoms with Crippen LogP contribution in [-0.2, 0) is 4.79 Å². The summed E-state index contributed by atoms with van der Waals surface area (Å²) in [4.78, 5) is 23.9. The first-order chi connectivity index (χ1) is 16.0. The maximum absolute atomic E-state index is 10.8. The molecule has 0 aliphatic rings. The fraction of sp³-hybridized carbons (Fsp3) is 0.120. The van der Waals surface area contributed by atoms with Crippen LogP contribution in [0.5, 0.6) is 17.5 Å². The van der Waals surface area contributed by atoms with Crippen LogP contribution >= 0.6 is 0 Å².